The van der Waals surface area contributed by atoms with E-state index in [0.29, 0.717) is 30.2 Å². The number of aliphatic hydroxyl groups is 1. The summed E-state index contributed by atoms with van der Waals surface area (Å²) in [7, 11) is 0. The second-order valence-corrected chi connectivity index (χ2v) is 13.0. The predicted octanol–water partition coefficient (Wildman–Crippen LogP) is 4.90. The number of nitrogens with zero attached hydrogens (tertiary/aromatic N) is 5. The maximum absolute atomic E-state index is 14.5. The highest BCUT2D eigenvalue weighted by Crippen LogP contribution is 2.32. The number of benzene rings is 2. The Kier molecular flexibility index (Phi) is 8.70. The van der Waals surface area contributed by atoms with E-state index in [0.717, 1.165) is 65.6 Å². The van der Waals surface area contributed by atoms with Gasteiger partial charge in [0.1, 0.15) is 5.82 Å². The summed E-state index contributed by atoms with van der Waals surface area (Å²) in [4.78, 5) is 31.4. The first kappa shape index (κ1) is 30.9. The second-order valence-electron chi connectivity index (χ2n) is 13.0. The first-order valence-corrected chi connectivity index (χ1v) is 16.0. The fraction of sp³-hybridized carbons (Fsp3) is 0.457. The minimum atomic E-state index is -0.876. The molecule has 6 rings (SSSR count). The van der Waals surface area contributed by atoms with Crippen LogP contribution in [0.2, 0.25) is 0 Å². The highest BCUT2D eigenvalue weighted by Gasteiger charge is 2.30. The number of hydrogen-bond acceptors (Lipinski definition) is 7. The minimum Gasteiger partial charge on any atom is -0.388 e. The van der Waals surface area contributed by atoms with Crippen molar-refractivity contribution in [2.24, 2.45) is 5.10 Å². The third-order valence-electron chi connectivity index (χ3n) is 8.66. The molecule has 0 atom stereocenters. The first-order valence-electron chi connectivity index (χ1n) is 16.0. The van der Waals surface area contributed by atoms with Gasteiger partial charge >= 0.3 is 0 Å². The lowest BCUT2D eigenvalue weighted by molar-refractivity contribution is -0.119. The van der Waals surface area contributed by atoms with Gasteiger partial charge in [0.15, 0.2) is 0 Å². The summed E-state index contributed by atoms with van der Waals surface area (Å²) < 4.78 is 9.75. The smallest absolute Gasteiger partial charge is 0.259 e. The lowest BCUT2D eigenvalue weighted by atomic mass is 9.91. The topological polar surface area (TPSA) is 123 Å². The fourth-order valence-corrected chi connectivity index (χ4v) is 6.55. The SMILES string of the molecule is CCCc1c(Cc2ccc(-c3ccccc3)c(C3=NNC(=O)C3)c2)c(=O)n(C2CCC(OCC(C)(C)O)CC2)c2nc(C)nn12. The van der Waals surface area contributed by atoms with E-state index >= 15 is 0 Å². The predicted molar refractivity (Wildman–Crippen MR) is 174 cm³/mol. The summed E-state index contributed by atoms with van der Waals surface area (Å²) in [6.45, 7) is 7.75. The molecule has 236 valence electrons. The van der Waals surface area contributed by atoms with Crippen LogP contribution in [-0.2, 0) is 22.4 Å². The molecular weight excluding hydrogens is 568 g/mol. The molecule has 1 fully saturated rings. The Morgan fingerprint density at radius 2 is 1.80 bits per heavy atom. The van der Waals surface area contributed by atoms with Crippen molar-refractivity contribution in [3.63, 3.8) is 0 Å². The van der Waals surface area contributed by atoms with Crippen LogP contribution in [0.1, 0.15) is 93.5 Å². The molecule has 45 heavy (non-hydrogen) atoms. The van der Waals surface area contributed by atoms with Crippen LogP contribution in [0.25, 0.3) is 16.9 Å². The number of carbonyl (C=O) groups is 1. The molecule has 2 aromatic carbocycles. The number of hydrogen-bond donors (Lipinski definition) is 2. The first-order chi connectivity index (χ1) is 21.6. The van der Waals surface area contributed by atoms with Crippen LogP contribution < -0.4 is 11.0 Å². The Morgan fingerprint density at radius 3 is 2.47 bits per heavy atom. The molecule has 1 amide bonds. The van der Waals surface area contributed by atoms with Crippen LogP contribution in [-0.4, -0.2) is 54.2 Å². The zero-order valence-corrected chi connectivity index (χ0v) is 26.5. The Morgan fingerprint density at radius 1 is 1.04 bits per heavy atom. The van der Waals surface area contributed by atoms with Crippen LogP contribution in [0.5, 0.6) is 0 Å². The number of amides is 1. The van der Waals surface area contributed by atoms with Gasteiger partial charge < -0.3 is 9.84 Å². The number of carbonyl (C=O) groups excluding carboxylic acids is 1. The molecule has 2 N–H and O–H groups in total. The largest absolute Gasteiger partial charge is 0.388 e. The Bertz CT molecular complexity index is 1790. The van der Waals surface area contributed by atoms with Gasteiger partial charge in [-0.15, -0.1) is 0 Å². The van der Waals surface area contributed by atoms with E-state index in [9.17, 15) is 14.7 Å². The molecule has 0 bridgehead atoms. The molecule has 0 saturated heterocycles. The van der Waals surface area contributed by atoms with Gasteiger partial charge in [0.05, 0.1) is 36.1 Å². The van der Waals surface area contributed by atoms with Crippen LogP contribution in [0.3, 0.4) is 0 Å². The number of hydrazone groups is 1. The standard InChI is InChI=1S/C35H42N6O4/c1-5-9-31-29(19-23-12-17-27(24-10-7-6-8-11-24)28(18-23)30-20-32(42)38-37-30)33(43)40(34-36-22(2)39-41(31)34)25-13-15-26(16-14-25)45-21-35(3,4)44/h6-8,10-12,17-18,25-26,44H,5,9,13-16,19-21H2,1-4H3,(H,38,42). The molecule has 3 heterocycles. The van der Waals surface area contributed by atoms with Gasteiger partial charge in [-0.2, -0.15) is 15.2 Å². The Labute approximate surface area is 263 Å². The molecule has 1 aliphatic heterocycles. The normalized spacial score (nSPS) is 18.8. The van der Waals surface area contributed by atoms with Crippen molar-refractivity contribution in [3.8, 4) is 11.1 Å². The van der Waals surface area contributed by atoms with E-state index in [1.54, 1.807) is 13.8 Å². The van der Waals surface area contributed by atoms with Crippen molar-refractivity contribution in [3.05, 3.63) is 87.1 Å². The molecule has 0 spiro atoms. The molecule has 1 saturated carbocycles. The van der Waals surface area contributed by atoms with Crippen molar-refractivity contribution >= 4 is 17.4 Å². The zero-order valence-electron chi connectivity index (χ0n) is 26.5. The summed E-state index contributed by atoms with van der Waals surface area (Å²) in [5.41, 5.74) is 7.87. The van der Waals surface area contributed by atoms with Gasteiger partial charge in [-0.05, 0) is 75.6 Å². The molecule has 1 aliphatic carbocycles. The maximum atomic E-state index is 14.5. The van der Waals surface area contributed by atoms with Crippen LogP contribution >= 0.6 is 0 Å². The molecule has 10 heteroatoms. The van der Waals surface area contributed by atoms with Crippen molar-refractivity contribution in [2.75, 3.05) is 6.61 Å². The molecule has 0 unspecified atom stereocenters. The maximum Gasteiger partial charge on any atom is 0.259 e. The highest BCUT2D eigenvalue weighted by molar-refractivity contribution is 6.16. The molecule has 10 nitrogen and oxygen atoms in total. The van der Waals surface area contributed by atoms with Gasteiger partial charge in [0, 0.05) is 23.6 Å². The summed E-state index contributed by atoms with van der Waals surface area (Å²) in [6.07, 6.45) is 5.41. The molecule has 4 aromatic rings. The van der Waals surface area contributed by atoms with Crippen molar-refractivity contribution in [2.45, 2.75) is 96.8 Å². The quantitative estimate of drug-likeness (QED) is 0.263. The number of nitrogens with one attached hydrogen (secondary N) is 1. The molecule has 0 radical (unpaired) electrons. The number of aryl methyl sites for hydroxylation is 2. The van der Waals surface area contributed by atoms with Crippen molar-refractivity contribution in [1.82, 2.24) is 24.6 Å². The van der Waals surface area contributed by atoms with Crippen LogP contribution in [0.4, 0.5) is 0 Å². The van der Waals surface area contributed by atoms with Crippen LogP contribution in [0.15, 0.2) is 58.4 Å². The van der Waals surface area contributed by atoms with E-state index in [2.05, 4.69) is 35.7 Å². The lowest BCUT2D eigenvalue weighted by Gasteiger charge is -2.32. The van der Waals surface area contributed by atoms with Gasteiger partial charge in [-0.25, -0.2) is 9.94 Å². The van der Waals surface area contributed by atoms with Crippen molar-refractivity contribution in [1.29, 1.82) is 0 Å². The summed E-state index contributed by atoms with van der Waals surface area (Å²) in [5.74, 6) is 1.09. The lowest BCUT2D eigenvalue weighted by Crippen LogP contribution is -2.36. The molecular formula is C35H42N6O4. The monoisotopic (exact) mass is 610 g/mol. The summed E-state index contributed by atoms with van der Waals surface area (Å²) in [6, 6.07) is 16.2. The van der Waals surface area contributed by atoms with E-state index < -0.39 is 5.60 Å². The average Bonchev–Trinajstić information content (AvgIpc) is 3.63. The molecule has 2 aromatic heterocycles. The summed E-state index contributed by atoms with van der Waals surface area (Å²) >= 11 is 0. The fourth-order valence-electron chi connectivity index (χ4n) is 6.55. The highest BCUT2D eigenvalue weighted by atomic mass is 16.5. The van der Waals surface area contributed by atoms with Gasteiger partial charge in [-0.1, -0.05) is 55.8 Å². The third kappa shape index (κ3) is 6.62. The third-order valence-corrected chi connectivity index (χ3v) is 8.66. The minimum absolute atomic E-state index is 0.0250. The van der Waals surface area contributed by atoms with Gasteiger partial charge in [0.2, 0.25) is 11.7 Å². The zero-order chi connectivity index (χ0) is 31.7. The van der Waals surface area contributed by atoms with E-state index in [1.807, 2.05) is 46.3 Å². The summed E-state index contributed by atoms with van der Waals surface area (Å²) in [5, 5.41) is 19.2. The molecule has 2 aliphatic rings. The number of fused-ring (bicyclic) bond motifs is 1. The second kappa shape index (κ2) is 12.7. The van der Waals surface area contributed by atoms with E-state index in [1.165, 1.54) is 0 Å². The van der Waals surface area contributed by atoms with Gasteiger partial charge in [0.25, 0.3) is 5.56 Å². The Balaban J connectivity index is 1.40. The van der Waals surface area contributed by atoms with Crippen LogP contribution in [0, 0.1) is 6.92 Å². The number of ether oxygens (including phenoxy) is 1. The Hall–Kier alpha value is -4.15. The van der Waals surface area contributed by atoms with Gasteiger partial charge in [-0.3, -0.25) is 14.2 Å². The average molecular weight is 611 g/mol. The van der Waals surface area contributed by atoms with Crippen molar-refractivity contribution < 1.29 is 14.6 Å². The van der Waals surface area contributed by atoms with E-state index in [-0.39, 0.29) is 36.6 Å². The van der Waals surface area contributed by atoms with E-state index in [4.69, 9.17) is 14.8 Å². The number of rotatable bonds is 10. The number of aromatic nitrogens is 4.